The van der Waals surface area contributed by atoms with E-state index in [1.165, 1.54) is 19.3 Å². The van der Waals surface area contributed by atoms with Crippen molar-refractivity contribution in [3.63, 3.8) is 0 Å². The van der Waals surface area contributed by atoms with Crippen LogP contribution in [0.4, 0.5) is 0 Å². The zero-order valence-electron chi connectivity index (χ0n) is 17.8. The lowest BCUT2D eigenvalue weighted by molar-refractivity contribution is -0.151. The van der Waals surface area contributed by atoms with Crippen LogP contribution in [0.5, 0.6) is 0 Å². The van der Waals surface area contributed by atoms with E-state index >= 15 is 0 Å². The van der Waals surface area contributed by atoms with Gasteiger partial charge >= 0.3 is 11.9 Å². The van der Waals surface area contributed by atoms with E-state index in [0.717, 1.165) is 31.6 Å². The van der Waals surface area contributed by atoms with Crippen molar-refractivity contribution >= 4 is 37.2 Å². The molecule has 9 rings (SSSR count). The smallest absolute Gasteiger partial charge is 0.309 e. The molecule has 15 unspecified atom stereocenters. The number of esters is 2. The highest BCUT2D eigenvalue weighted by atomic mass is 32.1. The molecule has 9 fully saturated rings. The van der Waals surface area contributed by atoms with Crippen LogP contribution in [-0.4, -0.2) is 35.1 Å². The maximum atomic E-state index is 12.6. The molecule has 4 nitrogen and oxygen atoms in total. The van der Waals surface area contributed by atoms with Crippen molar-refractivity contribution in [1.29, 1.82) is 0 Å². The number of thiol groups is 2. The largest absolute Gasteiger partial charge is 0.465 e. The zero-order valence-corrected chi connectivity index (χ0v) is 19.6. The maximum absolute atomic E-state index is 12.6. The fourth-order valence-electron chi connectivity index (χ4n) is 11.3. The van der Waals surface area contributed by atoms with Gasteiger partial charge in [-0.05, 0) is 97.7 Å². The Balaban J connectivity index is 1.12. The van der Waals surface area contributed by atoms with Gasteiger partial charge in [0.05, 0.1) is 18.4 Å². The fourth-order valence-corrected chi connectivity index (χ4v) is 12.4. The third-order valence-corrected chi connectivity index (χ3v) is 13.5. The zero-order chi connectivity index (χ0) is 20.8. The molecule has 0 spiro atoms. The molecule has 3 heterocycles. The van der Waals surface area contributed by atoms with Gasteiger partial charge in [-0.3, -0.25) is 9.59 Å². The second-order valence-corrected chi connectivity index (χ2v) is 13.8. The van der Waals surface area contributed by atoms with Gasteiger partial charge in [0, 0.05) is 16.4 Å². The van der Waals surface area contributed by atoms with Gasteiger partial charge < -0.3 is 9.47 Å². The molecule has 31 heavy (non-hydrogen) atoms. The molecule has 0 aromatic rings. The second kappa shape index (κ2) is 6.00. The van der Waals surface area contributed by atoms with E-state index in [-0.39, 0.29) is 40.5 Å². The summed E-state index contributed by atoms with van der Waals surface area (Å²) in [5.74, 6) is 6.30. The van der Waals surface area contributed by atoms with Crippen molar-refractivity contribution in [3.05, 3.63) is 0 Å². The fraction of sp³-hybridized carbons (Fsp3) is 0.920. The molecule has 9 aliphatic rings. The van der Waals surface area contributed by atoms with Crippen molar-refractivity contribution in [2.75, 3.05) is 6.61 Å². The van der Waals surface area contributed by atoms with Crippen LogP contribution >= 0.6 is 25.3 Å². The first-order valence-corrected chi connectivity index (χ1v) is 13.7. The summed E-state index contributed by atoms with van der Waals surface area (Å²) in [6, 6.07) is 0. The summed E-state index contributed by atoms with van der Waals surface area (Å²) in [7, 11) is 0. The Bertz CT molecular complexity index is 878. The predicted molar refractivity (Wildman–Crippen MR) is 120 cm³/mol. The molecule has 6 saturated carbocycles. The number of hydrogen-bond acceptors (Lipinski definition) is 6. The quantitative estimate of drug-likeness (QED) is 0.375. The number of carbonyl (C=O) groups is 2. The molecule has 0 radical (unpaired) electrons. The van der Waals surface area contributed by atoms with Gasteiger partial charge in [-0.2, -0.15) is 25.3 Å². The number of hydrogen-bond donors (Lipinski definition) is 2. The third kappa shape index (κ3) is 2.19. The number of rotatable bonds is 2. The topological polar surface area (TPSA) is 52.6 Å². The number of ether oxygens (including phenoxy) is 2. The molecule has 3 aliphatic heterocycles. The molecule has 168 valence electrons. The third-order valence-electron chi connectivity index (χ3n) is 11.9. The highest BCUT2D eigenvalue weighted by Gasteiger charge is 2.72. The highest BCUT2D eigenvalue weighted by Crippen LogP contribution is 2.74. The molecule has 8 bridgehead atoms. The lowest BCUT2D eigenvalue weighted by Gasteiger charge is -2.53. The number of fused-ring (bicyclic) bond motifs is 13. The summed E-state index contributed by atoms with van der Waals surface area (Å²) in [4.78, 5) is 25.1. The normalized spacial score (nSPS) is 64.5. The van der Waals surface area contributed by atoms with E-state index in [1.807, 2.05) is 0 Å². The van der Waals surface area contributed by atoms with Crippen LogP contribution in [0.25, 0.3) is 0 Å². The Morgan fingerprint density at radius 1 is 0.871 bits per heavy atom. The summed E-state index contributed by atoms with van der Waals surface area (Å²) in [5, 5.41) is 0.635. The van der Waals surface area contributed by atoms with Gasteiger partial charge in [-0.1, -0.05) is 0 Å². The molecule has 3 saturated heterocycles. The van der Waals surface area contributed by atoms with Gasteiger partial charge in [0.1, 0.15) is 6.10 Å². The van der Waals surface area contributed by atoms with E-state index in [4.69, 9.17) is 34.7 Å². The molecular weight excluding hydrogens is 428 g/mol. The maximum Gasteiger partial charge on any atom is 0.309 e. The van der Waals surface area contributed by atoms with Gasteiger partial charge in [0.25, 0.3) is 0 Å². The average molecular weight is 461 g/mol. The standard InChI is InChI=1S/C25H32O4S2/c26-23-10-1-9-2-17(29-23)22(31)25(5-9,6-10)7-15-11-4-14(21(15)30)19-12-3-13(18(11)19)20-16(12)8-28-24(20)27/h9-22,30-31H,1-8H2. The Morgan fingerprint density at radius 2 is 1.68 bits per heavy atom. The van der Waals surface area contributed by atoms with Crippen LogP contribution < -0.4 is 0 Å². The first-order chi connectivity index (χ1) is 14.9. The lowest BCUT2D eigenvalue weighted by atomic mass is 9.53. The molecule has 6 heteroatoms. The average Bonchev–Trinajstić information content (AvgIpc) is 3.51. The summed E-state index contributed by atoms with van der Waals surface area (Å²) in [6.45, 7) is 0.675. The van der Waals surface area contributed by atoms with E-state index in [2.05, 4.69) is 0 Å². The highest BCUT2D eigenvalue weighted by molar-refractivity contribution is 7.81. The minimum absolute atomic E-state index is 0.00306. The van der Waals surface area contributed by atoms with Crippen LogP contribution in [0.15, 0.2) is 0 Å². The van der Waals surface area contributed by atoms with Gasteiger partial charge in [0.15, 0.2) is 0 Å². The summed E-state index contributed by atoms with van der Waals surface area (Å²) in [6.07, 6.45) is 7.97. The molecule has 0 aromatic carbocycles. The van der Waals surface area contributed by atoms with Crippen LogP contribution in [0.3, 0.4) is 0 Å². The van der Waals surface area contributed by atoms with E-state index in [1.54, 1.807) is 0 Å². The SMILES string of the molecule is O=C1OC2CC3CC1CC(CC1C(S)C4CC1C1C5CC(C6COC(=O)C65)C41)(C3)C2S. The van der Waals surface area contributed by atoms with Crippen LogP contribution in [0.2, 0.25) is 0 Å². The van der Waals surface area contributed by atoms with Crippen molar-refractivity contribution in [2.45, 2.75) is 61.5 Å². The second-order valence-electron chi connectivity index (χ2n) is 12.7. The van der Waals surface area contributed by atoms with Crippen molar-refractivity contribution in [1.82, 2.24) is 0 Å². The van der Waals surface area contributed by atoms with E-state index < -0.39 is 0 Å². The first kappa shape index (κ1) is 19.0. The number of carbonyl (C=O) groups excluding carboxylic acids is 2. The van der Waals surface area contributed by atoms with Gasteiger partial charge in [-0.25, -0.2) is 0 Å². The Labute approximate surface area is 194 Å². The van der Waals surface area contributed by atoms with E-state index in [9.17, 15) is 9.59 Å². The van der Waals surface area contributed by atoms with E-state index in [0.29, 0.717) is 59.2 Å². The van der Waals surface area contributed by atoms with Crippen LogP contribution in [-0.2, 0) is 19.1 Å². The molecule has 15 atom stereocenters. The molecule has 0 amide bonds. The van der Waals surface area contributed by atoms with Crippen molar-refractivity contribution in [3.8, 4) is 0 Å². The molecule has 6 aliphatic carbocycles. The first-order valence-electron chi connectivity index (χ1n) is 12.7. The van der Waals surface area contributed by atoms with Gasteiger partial charge in [-0.15, -0.1) is 0 Å². The monoisotopic (exact) mass is 460 g/mol. The Kier molecular flexibility index (Phi) is 3.68. The summed E-state index contributed by atoms with van der Waals surface area (Å²) < 4.78 is 11.4. The van der Waals surface area contributed by atoms with Gasteiger partial charge in [0.2, 0.25) is 0 Å². The van der Waals surface area contributed by atoms with Crippen molar-refractivity contribution < 1.29 is 19.1 Å². The van der Waals surface area contributed by atoms with Crippen LogP contribution in [0.1, 0.15) is 44.9 Å². The lowest BCUT2D eigenvalue weighted by Crippen LogP contribution is -2.52. The molecular formula is C25H32O4S2. The molecule has 0 aromatic heterocycles. The Hall–Kier alpha value is -0.360. The van der Waals surface area contributed by atoms with Crippen molar-refractivity contribution in [2.24, 2.45) is 70.5 Å². The molecule has 0 N–H and O–H groups in total. The minimum Gasteiger partial charge on any atom is -0.465 e. The minimum atomic E-state index is 0.00306. The summed E-state index contributed by atoms with van der Waals surface area (Å²) in [5.41, 5.74) is 0.129. The predicted octanol–water partition coefficient (Wildman–Crippen LogP) is 3.64. The Morgan fingerprint density at radius 3 is 2.55 bits per heavy atom. The summed E-state index contributed by atoms with van der Waals surface area (Å²) >= 11 is 10.4. The van der Waals surface area contributed by atoms with Crippen LogP contribution in [0, 0.1) is 70.5 Å². The number of cyclic esters (lactones) is 1.